The van der Waals surface area contributed by atoms with Gasteiger partial charge in [-0.15, -0.1) is 0 Å². The molecular formula is C39H30N2O. The third-order valence-corrected chi connectivity index (χ3v) is 10.0. The lowest BCUT2D eigenvalue weighted by atomic mass is 9.74. The summed E-state index contributed by atoms with van der Waals surface area (Å²) in [6.45, 7) is 0. The molecule has 0 saturated heterocycles. The van der Waals surface area contributed by atoms with Gasteiger partial charge in [-0.3, -0.25) is 14.8 Å². The first kappa shape index (κ1) is 24.0. The maximum absolute atomic E-state index is 13.8. The average Bonchev–Trinajstić information content (AvgIpc) is 3.61. The summed E-state index contributed by atoms with van der Waals surface area (Å²) in [5.74, 6) is 0.530. The molecule has 9 rings (SSSR count). The van der Waals surface area contributed by atoms with Crippen LogP contribution in [0.1, 0.15) is 71.0 Å². The van der Waals surface area contributed by atoms with Crippen molar-refractivity contribution in [1.29, 1.82) is 0 Å². The van der Waals surface area contributed by atoms with Gasteiger partial charge in [-0.25, -0.2) is 0 Å². The SMILES string of the molecule is O=C1c2ccccc2-c2nccc3c2C1C1CC=C(C2=CC=C(C4=Nc5ccccc5C4C4=CCCC=C4)CC2)C=C31. The molecule has 1 aliphatic heterocycles. The van der Waals surface area contributed by atoms with E-state index in [0.717, 1.165) is 60.2 Å². The molecule has 2 heterocycles. The average molecular weight is 543 g/mol. The van der Waals surface area contributed by atoms with Crippen molar-refractivity contribution in [1.82, 2.24) is 4.98 Å². The first-order valence-electron chi connectivity index (χ1n) is 15.3. The van der Waals surface area contributed by atoms with Crippen LogP contribution in [0.15, 0.2) is 131 Å². The van der Waals surface area contributed by atoms with E-state index in [9.17, 15) is 4.79 Å². The zero-order valence-corrected chi connectivity index (χ0v) is 23.4. The van der Waals surface area contributed by atoms with Crippen LogP contribution in [0.2, 0.25) is 0 Å². The maximum atomic E-state index is 13.8. The number of allylic oxidation sites excluding steroid dienone is 12. The number of para-hydroxylation sites is 1. The fourth-order valence-electron chi connectivity index (χ4n) is 8.08. The smallest absolute Gasteiger partial charge is 0.171 e. The molecule has 3 nitrogen and oxygen atoms in total. The molecule has 3 atom stereocenters. The fourth-order valence-corrected chi connectivity index (χ4v) is 8.08. The van der Waals surface area contributed by atoms with Gasteiger partial charge in [-0.2, -0.15) is 0 Å². The van der Waals surface area contributed by atoms with Gasteiger partial charge in [0.1, 0.15) is 0 Å². The molecule has 0 saturated carbocycles. The molecule has 0 bridgehead atoms. The summed E-state index contributed by atoms with van der Waals surface area (Å²) in [5, 5.41) is 0. The standard InChI is InChI=1S/C39H30N2O/c42-39-30-11-5-4-10-29(30)38-35-28(20-21-40-38)32-22-26(18-19-27(32)36(35)39)23-14-16-25(17-15-23)37-34(24-8-2-1-3-9-24)31-12-6-7-13-33(31)41-37/h2,4-14,16,18,20-22,27,34,36H,1,3,15,17,19H2. The fraction of sp³-hybridized carbons (Fsp3) is 0.205. The van der Waals surface area contributed by atoms with Crippen LogP contribution in [0.25, 0.3) is 16.8 Å². The van der Waals surface area contributed by atoms with E-state index < -0.39 is 0 Å². The lowest BCUT2D eigenvalue weighted by molar-refractivity contribution is 0.0944. The molecule has 1 aromatic heterocycles. The van der Waals surface area contributed by atoms with E-state index in [4.69, 9.17) is 9.98 Å². The summed E-state index contributed by atoms with van der Waals surface area (Å²) in [4.78, 5) is 23.7. The molecule has 2 aromatic carbocycles. The molecule has 3 unspecified atom stereocenters. The Morgan fingerprint density at radius 2 is 1.64 bits per heavy atom. The van der Waals surface area contributed by atoms with E-state index in [0.29, 0.717) is 0 Å². The molecule has 0 N–H and O–H groups in total. The molecule has 0 amide bonds. The summed E-state index contributed by atoms with van der Waals surface area (Å²) in [6, 6.07) is 18.7. The second-order valence-electron chi connectivity index (χ2n) is 12.2. The number of carbonyl (C=O) groups is 1. The topological polar surface area (TPSA) is 42.3 Å². The predicted molar refractivity (Wildman–Crippen MR) is 169 cm³/mol. The first-order valence-corrected chi connectivity index (χ1v) is 15.3. The van der Waals surface area contributed by atoms with Crippen LogP contribution >= 0.6 is 0 Å². The summed E-state index contributed by atoms with van der Waals surface area (Å²) >= 11 is 0. The molecule has 0 fully saturated rings. The van der Waals surface area contributed by atoms with Crippen LogP contribution < -0.4 is 0 Å². The molecule has 6 aliphatic rings. The Morgan fingerprint density at radius 1 is 0.810 bits per heavy atom. The normalized spacial score (nSPS) is 24.8. The number of benzene rings is 2. The summed E-state index contributed by atoms with van der Waals surface area (Å²) in [5.41, 5.74) is 15.5. The highest BCUT2D eigenvalue weighted by atomic mass is 16.1. The van der Waals surface area contributed by atoms with Crippen molar-refractivity contribution in [3.8, 4) is 11.3 Å². The Morgan fingerprint density at radius 3 is 2.50 bits per heavy atom. The molecule has 3 heteroatoms. The third kappa shape index (κ3) is 3.43. The molecule has 202 valence electrons. The number of nitrogens with zero attached hydrogens (tertiary/aromatic N) is 2. The zero-order chi connectivity index (χ0) is 27.8. The minimum absolute atomic E-state index is 0.128. The van der Waals surface area contributed by atoms with E-state index in [1.165, 1.54) is 44.7 Å². The number of ketones is 1. The van der Waals surface area contributed by atoms with Crippen LogP contribution in [0, 0.1) is 5.92 Å². The van der Waals surface area contributed by atoms with Gasteiger partial charge >= 0.3 is 0 Å². The van der Waals surface area contributed by atoms with Crippen LogP contribution in [0.3, 0.4) is 0 Å². The molecule has 42 heavy (non-hydrogen) atoms. The van der Waals surface area contributed by atoms with Gasteiger partial charge in [0.2, 0.25) is 0 Å². The zero-order valence-electron chi connectivity index (χ0n) is 23.4. The third-order valence-electron chi connectivity index (χ3n) is 10.0. The van der Waals surface area contributed by atoms with E-state index in [1.54, 1.807) is 0 Å². The quantitative estimate of drug-likeness (QED) is 0.331. The van der Waals surface area contributed by atoms with Crippen LogP contribution in [0.5, 0.6) is 0 Å². The number of pyridine rings is 1. The number of hydrogen-bond donors (Lipinski definition) is 0. The maximum Gasteiger partial charge on any atom is 0.171 e. The summed E-state index contributed by atoms with van der Waals surface area (Å²) < 4.78 is 0. The van der Waals surface area contributed by atoms with Gasteiger partial charge in [-0.1, -0.05) is 85.0 Å². The minimum atomic E-state index is -0.128. The highest BCUT2D eigenvalue weighted by molar-refractivity contribution is 6.14. The molecule has 0 spiro atoms. The summed E-state index contributed by atoms with van der Waals surface area (Å²) in [7, 11) is 0. The second kappa shape index (κ2) is 9.19. The van der Waals surface area contributed by atoms with Gasteiger partial charge < -0.3 is 0 Å². The lowest BCUT2D eigenvalue weighted by Gasteiger charge is -2.28. The van der Waals surface area contributed by atoms with Crippen molar-refractivity contribution in [3.63, 3.8) is 0 Å². The Balaban J connectivity index is 1.06. The van der Waals surface area contributed by atoms with E-state index in [1.807, 2.05) is 30.5 Å². The van der Waals surface area contributed by atoms with Gasteiger partial charge in [0.05, 0.1) is 28.9 Å². The van der Waals surface area contributed by atoms with Crippen molar-refractivity contribution in [2.24, 2.45) is 10.9 Å². The molecule has 0 radical (unpaired) electrons. The number of fused-ring (bicyclic) bond motifs is 6. The van der Waals surface area contributed by atoms with Crippen LogP contribution in [-0.4, -0.2) is 16.5 Å². The Bertz CT molecular complexity index is 1940. The lowest BCUT2D eigenvalue weighted by Crippen LogP contribution is -2.23. The Hall–Kier alpha value is -4.63. The summed E-state index contributed by atoms with van der Waals surface area (Å²) in [6.07, 6.45) is 23.4. The number of carbonyl (C=O) groups excluding carboxylic acids is 1. The molecule has 3 aromatic rings. The van der Waals surface area contributed by atoms with Crippen molar-refractivity contribution >= 4 is 22.8 Å². The second-order valence-corrected chi connectivity index (χ2v) is 12.2. The van der Waals surface area contributed by atoms with Crippen molar-refractivity contribution in [2.75, 3.05) is 0 Å². The largest absolute Gasteiger partial charge is 0.293 e. The van der Waals surface area contributed by atoms with Gasteiger partial charge in [-0.05, 0) is 88.8 Å². The number of rotatable bonds is 3. The molecule has 5 aliphatic carbocycles. The van der Waals surface area contributed by atoms with Crippen molar-refractivity contribution in [2.45, 2.75) is 43.9 Å². The Kier molecular flexibility index (Phi) is 5.25. The first-order chi connectivity index (χ1) is 20.8. The number of aliphatic imine (C=N–C) groups is 1. The van der Waals surface area contributed by atoms with E-state index in [-0.39, 0.29) is 23.5 Å². The van der Waals surface area contributed by atoms with Crippen molar-refractivity contribution < 1.29 is 4.79 Å². The molecular weight excluding hydrogens is 512 g/mol. The van der Waals surface area contributed by atoms with Gasteiger partial charge in [0.15, 0.2) is 5.78 Å². The van der Waals surface area contributed by atoms with Crippen LogP contribution in [0.4, 0.5) is 5.69 Å². The predicted octanol–water partition coefficient (Wildman–Crippen LogP) is 9.16. The van der Waals surface area contributed by atoms with Gasteiger partial charge in [0.25, 0.3) is 0 Å². The van der Waals surface area contributed by atoms with E-state index >= 15 is 0 Å². The number of aromatic nitrogens is 1. The van der Waals surface area contributed by atoms with Gasteiger partial charge in [0, 0.05) is 23.2 Å². The Labute approximate surface area is 246 Å². The highest BCUT2D eigenvalue weighted by Gasteiger charge is 2.47. The number of Topliss-reactive ketones (excluding diaryl/α,β-unsaturated/α-hetero) is 1. The van der Waals surface area contributed by atoms with E-state index in [2.05, 4.69) is 72.9 Å². The van der Waals surface area contributed by atoms with Crippen LogP contribution in [-0.2, 0) is 0 Å². The highest BCUT2D eigenvalue weighted by Crippen LogP contribution is 2.56. The van der Waals surface area contributed by atoms with Crippen molar-refractivity contribution in [3.05, 3.63) is 148 Å². The minimum Gasteiger partial charge on any atom is -0.293 e. The number of hydrogen-bond acceptors (Lipinski definition) is 3. The monoisotopic (exact) mass is 542 g/mol.